The fraction of sp³-hybridized carbons (Fsp3) is 0.368. The van der Waals surface area contributed by atoms with Gasteiger partial charge in [0.05, 0.1) is 36.3 Å². The van der Waals surface area contributed by atoms with E-state index in [0.29, 0.717) is 5.69 Å². The van der Waals surface area contributed by atoms with Gasteiger partial charge in [0.25, 0.3) is 5.91 Å². The van der Waals surface area contributed by atoms with Gasteiger partial charge in [-0.05, 0) is 18.2 Å². The normalized spacial score (nSPS) is 16.9. The zero-order chi connectivity index (χ0) is 22.1. The number of nitrogens with zero attached hydrogens (tertiary/aromatic N) is 5. The third-order valence-electron chi connectivity index (χ3n) is 5.01. The first-order valence-electron chi connectivity index (χ1n) is 9.02. The summed E-state index contributed by atoms with van der Waals surface area (Å²) in [6, 6.07) is 3.98. The molecule has 30 heavy (non-hydrogen) atoms. The zero-order valence-corrected chi connectivity index (χ0v) is 16.3. The molecule has 1 unspecified atom stereocenters. The Morgan fingerprint density at radius 1 is 1.30 bits per heavy atom. The number of nitrogens with one attached hydrogen (secondary N) is 1. The second kappa shape index (κ2) is 8.06. The molecular formula is C19H19F3N6O2. The van der Waals surface area contributed by atoms with Crippen molar-refractivity contribution in [1.29, 1.82) is 5.26 Å². The van der Waals surface area contributed by atoms with Crippen LogP contribution in [0.25, 0.3) is 0 Å². The topological polar surface area (TPSA) is 94.3 Å². The highest BCUT2D eigenvalue weighted by Gasteiger charge is 2.38. The SMILES string of the molecule is CNC(=O)C1CN(C(=O)c2cncn2C)CCN1c1ccc(C#N)c(C(F)(F)F)c1. The fourth-order valence-corrected chi connectivity index (χ4v) is 3.44. The lowest BCUT2D eigenvalue weighted by atomic mass is 10.0. The summed E-state index contributed by atoms with van der Waals surface area (Å²) in [5.74, 6) is -0.755. The third kappa shape index (κ3) is 3.94. The van der Waals surface area contributed by atoms with Crippen LogP contribution in [0.15, 0.2) is 30.7 Å². The van der Waals surface area contributed by atoms with Crippen molar-refractivity contribution in [2.75, 3.05) is 31.6 Å². The Balaban J connectivity index is 1.93. The van der Waals surface area contributed by atoms with Crippen LogP contribution < -0.4 is 10.2 Å². The summed E-state index contributed by atoms with van der Waals surface area (Å²) < 4.78 is 41.6. The largest absolute Gasteiger partial charge is 0.417 e. The first kappa shape index (κ1) is 21.2. The summed E-state index contributed by atoms with van der Waals surface area (Å²) in [4.78, 5) is 32.2. The molecular weight excluding hydrogens is 401 g/mol. The quantitative estimate of drug-likeness (QED) is 0.810. The van der Waals surface area contributed by atoms with E-state index in [1.807, 2.05) is 0 Å². The van der Waals surface area contributed by atoms with E-state index in [4.69, 9.17) is 5.26 Å². The van der Waals surface area contributed by atoms with Crippen LogP contribution in [0.4, 0.5) is 18.9 Å². The number of carbonyl (C=O) groups is 2. The Kier molecular flexibility index (Phi) is 5.69. The molecule has 1 fully saturated rings. The zero-order valence-electron chi connectivity index (χ0n) is 16.3. The molecule has 1 saturated heterocycles. The Morgan fingerprint density at radius 3 is 2.60 bits per heavy atom. The van der Waals surface area contributed by atoms with Crippen molar-refractivity contribution >= 4 is 17.5 Å². The molecule has 1 aliphatic rings. The minimum absolute atomic E-state index is 0.00889. The molecule has 1 aliphatic heterocycles. The molecule has 0 spiro atoms. The maximum atomic E-state index is 13.4. The molecule has 158 valence electrons. The molecule has 0 radical (unpaired) electrons. The highest BCUT2D eigenvalue weighted by molar-refractivity contribution is 5.94. The molecule has 0 bridgehead atoms. The van der Waals surface area contributed by atoms with Crippen LogP contribution in [-0.2, 0) is 18.0 Å². The highest BCUT2D eigenvalue weighted by atomic mass is 19.4. The predicted molar refractivity (Wildman–Crippen MR) is 100 cm³/mol. The van der Waals surface area contributed by atoms with Crippen molar-refractivity contribution in [3.63, 3.8) is 0 Å². The van der Waals surface area contributed by atoms with E-state index >= 15 is 0 Å². The van der Waals surface area contributed by atoms with Crippen LogP contribution in [0, 0.1) is 11.3 Å². The summed E-state index contributed by atoms with van der Waals surface area (Å²) in [5, 5.41) is 11.5. The van der Waals surface area contributed by atoms with E-state index in [0.717, 1.165) is 12.1 Å². The predicted octanol–water partition coefficient (Wildman–Crippen LogP) is 1.39. The lowest BCUT2D eigenvalue weighted by Gasteiger charge is -2.41. The second-order valence-corrected chi connectivity index (χ2v) is 6.80. The maximum Gasteiger partial charge on any atom is 0.417 e. The van der Waals surface area contributed by atoms with E-state index in [1.54, 1.807) is 17.7 Å². The number of amides is 2. The number of alkyl halides is 3. The smallest absolute Gasteiger partial charge is 0.357 e. The average Bonchev–Trinajstić information content (AvgIpc) is 3.16. The Bertz CT molecular complexity index is 1010. The van der Waals surface area contributed by atoms with E-state index in [-0.39, 0.29) is 31.2 Å². The number of hydrogen-bond acceptors (Lipinski definition) is 5. The molecule has 2 aromatic rings. The highest BCUT2D eigenvalue weighted by Crippen LogP contribution is 2.35. The van der Waals surface area contributed by atoms with Gasteiger partial charge in [-0.15, -0.1) is 0 Å². The lowest BCUT2D eigenvalue weighted by Crippen LogP contribution is -2.60. The van der Waals surface area contributed by atoms with Gasteiger partial charge in [-0.25, -0.2) is 4.98 Å². The maximum absolute atomic E-state index is 13.4. The van der Waals surface area contributed by atoms with Crippen LogP contribution in [0.5, 0.6) is 0 Å². The molecule has 2 amide bonds. The standard InChI is InChI=1S/C19H19F3N6O2/c1-24-17(29)16-10-27(18(30)15-9-25-11-26(15)2)5-6-28(16)13-4-3-12(8-23)14(7-13)19(20,21)22/h3-4,7,9,11,16H,5-6,10H2,1-2H3,(H,24,29). The summed E-state index contributed by atoms with van der Waals surface area (Å²) in [6.07, 6.45) is -1.81. The van der Waals surface area contributed by atoms with Gasteiger partial charge in [-0.3, -0.25) is 9.59 Å². The second-order valence-electron chi connectivity index (χ2n) is 6.80. The monoisotopic (exact) mass is 420 g/mol. The Labute approximate surface area is 170 Å². The summed E-state index contributed by atoms with van der Waals surface area (Å²) in [6.45, 7) is 0.342. The number of aromatic nitrogens is 2. The van der Waals surface area contributed by atoms with Crippen LogP contribution in [-0.4, -0.2) is 59.0 Å². The number of imidazole rings is 1. The van der Waals surface area contributed by atoms with Crippen molar-refractivity contribution in [3.05, 3.63) is 47.5 Å². The number of nitriles is 1. The molecule has 1 atom stereocenters. The van der Waals surface area contributed by atoms with E-state index < -0.39 is 29.3 Å². The van der Waals surface area contributed by atoms with Gasteiger partial charge in [0, 0.05) is 32.9 Å². The third-order valence-corrected chi connectivity index (χ3v) is 5.01. The molecule has 0 aliphatic carbocycles. The number of halogens is 3. The van der Waals surface area contributed by atoms with Crippen molar-refractivity contribution in [2.24, 2.45) is 7.05 Å². The molecule has 8 nitrogen and oxygen atoms in total. The minimum Gasteiger partial charge on any atom is -0.357 e. The Hall–Kier alpha value is -3.55. The molecule has 1 N–H and O–H groups in total. The summed E-state index contributed by atoms with van der Waals surface area (Å²) >= 11 is 0. The minimum atomic E-state index is -4.71. The molecule has 11 heteroatoms. The van der Waals surface area contributed by atoms with Crippen molar-refractivity contribution in [3.8, 4) is 6.07 Å². The van der Waals surface area contributed by atoms with E-state index in [2.05, 4.69) is 10.3 Å². The van der Waals surface area contributed by atoms with Crippen molar-refractivity contribution in [2.45, 2.75) is 12.2 Å². The van der Waals surface area contributed by atoms with Gasteiger partial charge in [-0.1, -0.05) is 0 Å². The average molecular weight is 420 g/mol. The first-order chi connectivity index (χ1) is 14.2. The number of rotatable bonds is 3. The van der Waals surface area contributed by atoms with Gasteiger partial charge in [0.2, 0.25) is 5.91 Å². The number of aryl methyl sites for hydroxylation is 1. The van der Waals surface area contributed by atoms with E-state index in [9.17, 15) is 22.8 Å². The van der Waals surface area contributed by atoms with E-state index in [1.165, 1.54) is 35.4 Å². The van der Waals surface area contributed by atoms with Gasteiger partial charge < -0.3 is 19.7 Å². The number of benzene rings is 1. The van der Waals surface area contributed by atoms with Crippen LogP contribution in [0.2, 0.25) is 0 Å². The number of hydrogen-bond donors (Lipinski definition) is 1. The first-order valence-corrected chi connectivity index (χ1v) is 9.02. The number of likely N-dealkylation sites (N-methyl/N-ethyl adjacent to an activating group) is 1. The molecule has 1 aromatic carbocycles. The summed E-state index contributed by atoms with van der Waals surface area (Å²) in [7, 11) is 3.09. The molecule has 2 heterocycles. The van der Waals surface area contributed by atoms with Gasteiger partial charge in [-0.2, -0.15) is 18.4 Å². The van der Waals surface area contributed by atoms with Crippen LogP contribution >= 0.6 is 0 Å². The Morgan fingerprint density at radius 2 is 2.03 bits per heavy atom. The van der Waals surface area contributed by atoms with Gasteiger partial charge in [0.15, 0.2) is 0 Å². The lowest BCUT2D eigenvalue weighted by molar-refractivity contribution is -0.137. The van der Waals surface area contributed by atoms with Crippen LogP contribution in [0.1, 0.15) is 21.6 Å². The number of carbonyl (C=O) groups excluding carboxylic acids is 2. The van der Waals surface area contributed by atoms with Crippen LogP contribution in [0.3, 0.4) is 0 Å². The molecule has 1 aromatic heterocycles. The molecule has 3 rings (SSSR count). The van der Waals surface area contributed by atoms with Gasteiger partial charge in [0.1, 0.15) is 11.7 Å². The fourth-order valence-electron chi connectivity index (χ4n) is 3.44. The summed E-state index contributed by atoms with van der Waals surface area (Å²) in [5.41, 5.74) is -1.06. The van der Waals surface area contributed by atoms with Gasteiger partial charge >= 0.3 is 6.18 Å². The van der Waals surface area contributed by atoms with Crippen molar-refractivity contribution in [1.82, 2.24) is 19.8 Å². The van der Waals surface area contributed by atoms with Crippen molar-refractivity contribution < 1.29 is 22.8 Å². The number of anilines is 1. The number of piperazine rings is 1. The molecule has 0 saturated carbocycles.